The van der Waals surface area contributed by atoms with Crippen molar-refractivity contribution in [3.63, 3.8) is 0 Å². The van der Waals surface area contributed by atoms with Crippen LogP contribution < -0.4 is 0 Å². The van der Waals surface area contributed by atoms with E-state index in [2.05, 4.69) is 10.1 Å². The molecule has 0 aliphatic heterocycles. The molecule has 0 saturated heterocycles. The van der Waals surface area contributed by atoms with Crippen LogP contribution in [0.4, 0.5) is 13.2 Å². The lowest BCUT2D eigenvalue weighted by Crippen LogP contribution is -2.31. The van der Waals surface area contributed by atoms with Crippen LogP contribution >= 0.6 is 11.6 Å². The zero-order chi connectivity index (χ0) is 14.8. The number of halogens is 4. The van der Waals surface area contributed by atoms with Crippen LogP contribution in [-0.2, 0) is 0 Å². The van der Waals surface area contributed by atoms with Crippen LogP contribution in [0, 0.1) is 5.92 Å². The summed E-state index contributed by atoms with van der Waals surface area (Å²) in [6, 6.07) is 0. The third kappa shape index (κ3) is 3.45. The molecule has 3 nitrogen and oxygen atoms in total. The molecule has 0 aromatic carbocycles. The molecule has 2 rings (SSSR count). The number of rotatable bonds is 4. The predicted molar refractivity (Wildman–Crippen MR) is 68.6 cm³/mol. The fourth-order valence-electron chi connectivity index (χ4n) is 2.73. The van der Waals surface area contributed by atoms with Crippen LogP contribution in [0.15, 0.2) is 4.52 Å². The van der Waals surface area contributed by atoms with Crippen molar-refractivity contribution in [3.8, 4) is 0 Å². The van der Waals surface area contributed by atoms with Crippen molar-refractivity contribution >= 4 is 11.6 Å². The van der Waals surface area contributed by atoms with Crippen LogP contribution in [-0.4, -0.2) is 16.3 Å². The fourth-order valence-corrected chi connectivity index (χ4v) is 3.03. The van der Waals surface area contributed by atoms with Crippen LogP contribution in [0.5, 0.6) is 0 Å². The molecule has 1 aromatic rings. The third-order valence-corrected chi connectivity index (χ3v) is 4.20. The highest BCUT2D eigenvalue weighted by molar-refractivity contribution is 6.20. The lowest BCUT2D eigenvalue weighted by molar-refractivity contribution is -0.189. The number of alkyl halides is 4. The van der Waals surface area contributed by atoms with Gasteiger partial charge in [0.25, 0.3) is 0 Å². The highest BCUT2D eigenvalue weighted by Gasteiger charge is 2.48. The first-order chi connectivity index (χ1) is 9.43. The topological polar surface area (TPSA) is 38.9 Å². The summed E-state index contributed by atoms with van der Waals surface area (Å²) < 4.78 is 44.2. The normalized spacial score (nSPS) is 25.6. The van der Waals surface area contributed by atoms with Gasteiger partial charge in [0.2, 0.25) is 5.89 Å². The Morgan fingerprint density at radius 3 is 2.70 bits per heavy atom. The third-order valence-electron chi connectivity index (χ3n) is 3.78. The molecule has 0 spiro atoms. The summed E-state index contributed by atoms with van der Waals surface area (Å²) in [4.78, 5) is 4.11. The average Bonchev–Trinajstić information content (AvgIpc) is 2.87. The predicted octanol–water partition coefficient (Wildman–Crippen LogP) is 4.99. The van der Waals surface area contributed by atoms with Crippen LogP contribution in [0.2, 0.25) is 0 Å². The van der Waals surface area contributed by atoms with Gasteiger partial charge in [0.15, 0.2) is 5.82 Å². The second-order valence-corrected chi connectivity index (χ2v) is 5.81. The summed E-state index contributed by atoms with van der Waals surface area (Å²) in [5.74, 6) is -1.72. The van der Waals surface area contributed by atoms with Gasteiger partial charge in [-0.2, -0.15) is 18.2 Å². The molecule has 7 heteroatoms. The molecule has 1 saturated carbocycles. The molecule has 1 fully saturated rings. The molecular formula is C13H18ClF3N2O. The Bertz CT molecular complexity index is 435. The van der Waals surface area contributed by atoms with Crippen molar-refractivity contribution in [2.45, 2.75) is 62.9 Å². The minimum atomic E-state index is -4.22. The minimum Gasteiger partial charge on any atom is -0.339 e. The number of nitrogens with zero attached hydrogens (tertiary/aromatic N) is 2. The van der Waals surface area contributed by atoms with Crippen LogP contribution in [0.3, 0.4) is 0 Å². The summed E-state index contributed by atoms with van der Waals surface area (Å²) in [6.45, 7) is 1.97. The van der Waals surface area contributed by atoms with E-state index in [4.69, 9.17) is 16.1 Å². The van der Waals surface area contributed by atoms with Crippen LogP contribution in [0.1, 0.15) is 68.5 Å². The monoisotopic (exact) mass is 310 g/mol. The summed E-state index contributed by atoms with van der Waals surface area (Å²) in [7, 11) is 0. The van der Waals surface area contributed by atoms with Gasteiger partial charge < -0.3 is 4.52 Å². The first-order valence-corrected chi connectivity index (χ1v) is 7.41. The van der Waals surface area contributed by atoms with Gasteiger partial charge in [0.05, 0.1) is 11.3 Å². The van der Waals surface area contributed by atoms with E-state index in [1.807, 2.05) is 6.92 Å². The highest BCUT2D eigenvalue weighted by Crippen LogP contribution is 2.46. The van der Waals surface area contributed by atoms with Crippen molar-refractivity contribution in [2.24, 2.45) is 5.92 Å². The molecule has 1 heterocycles. The maximum Gasteiger partial charge on any atom is 0.392 e. The molecular weight excluding hydrogens is 293 g/mol. The molecule has 0 radical (unpaired) electrons. The molecule has 0 bridgehead atoms. The van der Waals surface area contributed by atoms with E-state index in [0.717, 1.165) is 12.8 Å². The summed E-state index contributed by atoms with van der Waals surface area (Å²) in [5, 5.41) is 3.34. The molecule has 114 valence electrons. The van der Waals surface area contributed by atoms with Crippen LogP contribution in [0.25, 0.3) is 0 Å². The van der Waals surface area contributed by atoms with Gasteiger partial charge in [-0.3, -0.25) is 0 Å². The van der Waals surface area contributed by atoms with Gasteiger partial charge in [-0.1, -0.05) is 31.3 Å². The van der Waals surface area contributed by atoms with Crippen molar-refractivity contribution in [2.75, 3.05) is 0 Å². The zero-order valence-corrected chi connectivity index (χ0v) is 12.0. The second-order valence-electron chi connectivity index (χ2n) is 5.29. The number of aromatic nitrogens is 2. The van der Waals surface area contributed by atoms with Crippen molar-refractivity contribution in [1.29, 1.82) is 0 Å². The lowest BCUT2D eigenvalue weighted by atomic mass is 9.78. The smallest absolute Gasteiger partial charge is 0.339 e. The van der Waals surface area contributed by atoms with Crippen molar-refractivity contribution in [1.82, 2.24) is 10.1 Å². The number of hydrogen-bond donors (Lipinski definition) is 0. The minimum absolute atomic E-state index is 0.0868. The van der Waals surface area contributed by atoms with E-state index < -0.39 is 23.4 Å². The van der Waals surface area contributed by atoms with E-state index >= 15 is 0 Å². The molecule has 3 unspecified atom stereocenters. The maximum atomic E-state index is 13.0. The average molecular weight is 311 g/mol. The van der Waals surface area contributed by atoms with Gasteiger partial charge in [-0.15, -0.1) is 11.6 Å². The van der Waals surface area contributed by atoms with Crippen molar-refractivity contribution in [3.05, 3.63) is 11.7 Å². The standard InChI is InChI=1S/C13H18ClF3N2O/c1-2-5-10(14)11-18-12(20-19-11)8-6-3-4-7-9(8)13(15,16)17/h8-10H,2-7H2,1H3. The molecule has 1 aliphatic carbocycles. The molecule has 1 aliphatic rings. The summed E-state index contributed by atoms with van der Waals surface area (Å²) in [6.07, 6.45) is -0.772. The summed E-state index contributed by atoms with van der Waals surface area (Å²) >= 11 is 6.08. The zero-order valence-electron chi connectivity index (χ0n) is 11.3. The molecule has 20 heavy (non-hydrogen) atoms. The van der Waals surface area contributed by atoms with E-state index in [9.17, 15) is 13.2 Å². The van der Waals surface area contributed by atoms with E-state index in [0.29, 0.717) is 25.1 Å². The molecule has 1 aromatic heterocycles. The lowest BCUT2D eigenvalue weighted by Gasteiger charge is -2.30. The van der Waals surface area contributed by atoms with E-state index in [1.54, 1.807) is 0 Å². The molecule has 0 amide bonds. The Hall–Kier alpha value is -0.780. The first kappa shape index (κ1) is 15.6. The largest absolute Gasteiger partial charge is 0.392 e. The Morgan fingerprint density at radius 1 is 1.35 bits per heavy atom. The maximum absolute atomic E-state index is 13.0. The second kappa shape index (κ2) is 6.33. The van der Waals surface area contributed by atoms with Gasteiger partial charge >= 0.3 is 6.18 Å². The molecule has 3 atom stereocenters. The Labute approximate surface area is 120 Å². The Kier molecular flexibility index (Phi) is 4.94. The SMILES string of the molecule is CCCC(Cl)c1noc(C2CCCCC2C(F)(F)F)n1. The quantitative estimate of drug-likeness (QED) is 0.736. The first-order valence-electron chi connectivity index (χ1n) is 6.97. The van der Waals surface area contributed by atoms with Crippen molar-refractivity contribution < 1.29 is 17.7 Å². The van der Waals surface area contributed by atoms with Gasteiger partial charge in [0, 0.05) is 5.92 Å². The highest BCUT2D eigenvalue weighted by atomic mass is 35.5. The van der Waals surface area contributed by atoms with Gasteiger partial charge in [-0.25, -0.2) is 0 Å². The van der Waals surface area contributed by atoms with Gasteiger partial charge in [0.1, 0.15) is 0 Å². The van der Waals surface area contributed by atoms with Gasteiger partial charge in [-0.05, 0) is 19.3 Å². The van der Waals surface area contributed by atoms with E-state index in [-0.39, 0.29) is 12.3 Å². The van der Waals surface area contributed by atoms with E-state index in [1.165, 1.54) is 0 Å². The Balaban J connectivity index is 2.16. The fraction of sp³-hybridized carbons (Fsp3) is 0.846. The number of hydrogen-bond acceptors (Lipinski definition) is 3. The summed E-state index contributed by atoms with van der Waals surface area (Å²) in [5.41, 5.74) is 0. The Morgan fingerprint density at radius 2 is 2.05 bits per heavy atom. The molecule has 0 N–H and O–H groups in total.